The number of hydrogen-bond acceptors (Lipinski definition) is 7. The molecule has 10 heteroatoms. The molecular weight excluding hydrogens is 386 g/mol. The zero-order valence-corrected chi connectivity index (χ0v) is 16.0. The van der Waals surface area contributed by atoms with Crippen LogP contribution in [0.3, 0.4) is 0 Å². The first kappa shape index (κ1) is 17.7. The van der Waals surface area contributed by atoms with E-state index in [0.717, 1.165) is 16.3 Å². The number of anilines is 1. The minimum Gasteiger partial charge on any atom is -0.311 e. The summed E-state index contributed by atoms with van der Waals surface area (Å²) in [6.45, 7) is 0.537. The van der Waals surface area contributed by atoms with Crippen molar-refractivity contribution in [1.29, 1.82) is 0 Å². The third kappa shape index (κ3) is 3.33. The van der Waals surface area contributed by atoms with Crippen LogP contribution in [0.1, 0.15) is 5.56 Å². The Morgan fingerprint density at radius 1 is 1.37 bits per heavy atom. The molecule has 0 atom stereocenters. The molecule has 1 aromatic carbocycles. The number of amides is 1. The van der Waals surface area contributed by atoms with E-state index < -0.39 is 4.92 Å². The van der Waals surface area contributed by atoms with E-state index in [1.54, 1.807) is 22.3 Å². The summed E-state index contributed by atoms with van der Waals surface area (Å²) in [6, 6.07) is 8.61. The van der Waals surface area contributed by atoms with Gasteiger partial charge in [0.2, 0.25) is 5.91 Å². The molecule has 3 heterocycles. The molecule has 138 valence electrons. The number of non-ortho nitro benzene ring substituents is 1. The van der Waals surface area contributed by atoms with Crippen molar-refractivity contribution in [3.8, 4) is 10.7 Å². The number of fused-ring (bicyclic) bond motifs is 1. The van der Waals surface area contributed by atoms with Crippen molar-refractivity contribution in [2.75, 3.05) is 17.2 Å². The number of thioether (sulfide) groups is 1. The van der Waals surface area contributed by atoms with Crippen LogP contribution in [0.2, 0.25) is 0 Å². The number of thiophene rings is 1. The second-order valence-electron chi connectivity index (χ2n) is 6.00. The maximum Gasteiger partial charge on any atom is 0.271 e. The molecule has 1 aliphatic heterocycles. The van der Waals surface area contributed by atoms with Gasteiger partial charge in [-0.15, -0.1) is 21.5 Å². The van der Waals surface area contributed by atoms with Gasteiger partial charge in [-0.25, -0.2) is 0 Å². The highest BCUT2D eigenvalue weighted by Crippen LogP contribution is 2.33. The van der Waals surface area contributed by atoms with E-state index in [1.807, 2.05) is 29.1 Å². The molecule has 2 aromatic heterocycles. The number of nitrogens with zero attached hydrogens (tertiary/aromatic N) is 5. The fraction of sp³-hybridized carbons (Fsp3) is 0.235. The van der Waals surface area contributed by atoms with Gasteiger partial charge in [-0.3, -0.25) is 14.9 Å². The zero-order chi connectivity index (χ0) is 19.0. The highest BCUT2D eigenvalue weighted by atomic mass is 32.2. The first-order valence-corrected chi connectivity index (χ1v) is 10.0. The van der Waals surface area contributed by atoms with Crippen LogP contribution < -0.4 is 4.90 Å². The van der Waals surface area contributed by atoms with Gasteiger partial charge >= 0.3 is 0 Å². The molecule has 0 aliphatic carbocycles. The third-order valence-corrected chi connectivity index (χ3v) is 6.25. The number of carbonyl (C=O) groups excluding carboxylic acids is 1. The molecule has 0 radical (unpaired) electrons. The predicted octanol–water partition coefficient (Wildman–Crippen LogP) is 3.13. The minimum atomic E-state index is -0.443. The maximum atomic E-state index is 12.7. The van der Waals surface area contributed by atoms with Crippen molar-refractivity contribution in [3.05, 3.63) is 51.4 Å². The lowest BCUT2D eigenvalue weighted by atomic mass is 10.1. The Hall–Kier alpha value is -2.72. The van der Waals surface area contributed by atoms with Gasteiger partial charge < -0.3 is 9.47 Å². The summed E-state index contributed by atoms with van der Waals surface area (Å²) in [5, 5.41) is 22.0. The van der Waals surface area contributed by atoms with E-state index in [-0.39, 0.29) is 17.3 Å². The number of carbonyl (C=O) groups is 1. The summed E-state index contributed by atoms with van der Waals surface area (Å²) in [7, 11) is 1.87. The first-order chi connectivity index (χ1) is 13.0. The summed E-state index contributed by atoms with van der Waals surface area (Å²) in [5.74, 6) is 0.862. The highest BCUT2D eigenvalue weighted by molar-refractivity contribution is 7.99. The lowest BCUT2D eigenvalue weighted by Crippen LogP contribution is -2.30. The number of nitro groups is 1. The van der Waals surface area contributed by atoms with Crippen molar-refractivity contribution < 1.29 is 9.72 Å². The largest absolute Gasteiger partial charge is 0.311 e. The van der Waals surface area contributed by atoms with Gasteiger partial charge in [-0.2, -0.15) is 0 Å². The summed E-state index contributed by atoms with van der Waals surface area (Å²) in [5.41, 5.74) is 1.58. The molecule has 0 spiro atoms. The van der Waals surface area contributed by atoms with Crippen LogP contribution >= 0.6 is 23.1 Å². The Morgan fingerprint density at radius 2 is 2.22 bits per heavy atom. The van der Waals surface area contributed by atoms with Gasteiger partial charge in [0.25, 0.3) is 5.69 Å². The molecule has 0 unspecified atom stereocenters. The number of benzene rings is 1. The predicted molar refractivity (Wildman–Crippen MR) is 104 cm³/mol. The van der Waals surface area contributed by atoms with E-state index in [2.05, 4.69) is 10.2 Å². The monoisotopic (exact) mass is 401 g/mol. The van der Waals surface area contributed by atoms with Gasteiger partial charge in [0.1, 0.15) is 0 Å². The molecule has 1 aliphatic rings. The van der Waals surface area contributed by atoms with Crippen molar-refractivity contribution in [2.24, 2.45) is 7.05 Å². The molecule has 27 heavy (non-hydrogen) atoms. The SMILES string of the molecule is Cn1c(SCC(=O)N2CCc3ccc([N+](=O)[O-])cc32)nnc1-c1cccs1. The number of nitro benzene ring substituents is 1. The third-order valence-electron chi connectivity index (χ3n) is 4.38. The van der Waals surface area contributed by atoms with Crippen molar-refractivity contribution in [1.82, 2.24) is 14.8 Å². The molecule has 1 amide bonds. The minimum absolute atomic E-state index is 0.00464. The van der Waals surface area contributed by atoms with Crippen LogP contribution in [0.15, 0.2) is 40.9 Å². The van der Waals surface area contributed by atoms with Gasteiger partial charge in [0, 0.05) is 25.7 Å². The lowest BCUT2D eigenvalue weighted by Gasteiger charge is -2.16. The summed E-state index contributed by atoms with van der Waals surface area (Å²) in [6.07, 6.45) is 0.705. The van der Waals surface area contributed by atoms with E-state index in [0.29, 0.717) is 23.8 Å². The molecular formula is C17H15N5O3S2. The fourth-order valence-electron chi connectivity index (χ4n) is 3.01. The van der Waals surface area contributed by atoms with Crippen LogP contribution in [0.25, 0.3) is 10.7 Å². The average molecular weight is 401 g/mol. The quantitative estimate of drug-likeness (QED) is 0.370. The zero-order valence-electron chi connectivity index (χ0n) is 14.4. The molecule has 4 rings (SSSR count). The van der Waals surface area contributed by atoms with E-state index in [1.165, 1.54) is 23.9 Å². The van der Waals surface area contributed by atoms with E-state index in [4.69, 9.17) is 0 Å². The Bertz CT molecular complexity index is 1020. The van der Waals surface area contributed by atoms with Crippen LogP contribution in [0.5, 0.6) is 0 Å². The number of hydrogen-bond donors (Lipinski definition) is 0. The van der Waals surface area contributed by atoms with Gasteiger partial charge in [0.15, 0.2) is 11.0 Å². The average Bonchev–Trinajstić information content (AvgIpc) is 3.39. The molecule has 0 fully saturated rings. The normalized spacial score (nSPS) is 13.0. The second kappa shape index (κ2) is 7.12. The summed E-state index contributed by atoms with van der Waals surface area (Å²) < 4.78 is 1.87. The Balaban J connectivity index is 1.47. The topological polar surface area (TPSA) is 94.2 Å². The second-order valence-corrected chi connectivity index (χ2v) is 7.89. The van der Waals surface area contributed by atoms with Gasteiger partial charge in [-0.05, 0) is 23.4 Å². The molecule has 3 aromatic rings. The highest BCUT2D eigenvalue weighted by Gasteiger charge is 2.27. The molecule has 0 N–H and O–H groups in total. The fourth-order valence-corrected chi connectivity index (χ4v) is 4.54. The standard InChI is InChI=1S/C17H15N5O3S2/c1-20-16(14-3-2-8-26-14)18-19-17(20)27-10-15(23)21-7-6-11-4-5-12(22(24)25)9-13(11)21/h2-5,8-9H,6-7,10H2,1H3. The molecule has 0 saturated heterocycles. The summed E-state index contributed by atoms with van der Waals surface area (Å²) >= 11 is 2.90. The molecule has 0 saturated carbocycles. The van der Waals surface area contributed by atoms with Crippen LogP contribution in [-0.2, 0) is 18.3 Å². The van der Waals surface area contributed by atoms with Crippen molar-refractivity contribution in [3.63, 3.8) is 0 Å². The lowest BCUT2D eigenvalue weighted by molar-refractivity contribution is -0.384. The smallest absolute Gasteiger partial charge is 0.271 e. The van der Waals surface area contributed by atoms with Gasteiger partial charge in [-0.1, -0.05) is 23.9 Å². The molecule has 8 nitrogen and oxygen atoms in total. The van der Waals surface area contributed by atoms with Crippen LogP contribution in [-0.4, -0.2) is 37.9 Å². The number of aromatic nitrogens is 3. The Labute approximate surface area is 163 Å². The van der Waals surface area contributed by atoms with Crippen molar-refractivity contribution in [2.45, 2.75) is 11.6 Å². The number of rotatable bonds is 5. The van der Waals surface area contributed by atoms with E-state index >= 15 is 0 Å². The Kier molecular flexibility index (Phi) is 4.66. The Morgan fingerprint density at radius 3 is 2.96 bits per heavy atom. The summed E-state index contributed by atoms with van der Waals surface area (Å²) in [4.78, 5) is 25.9. The van der Waals surface area contributed by atoms with Gasteiger partial charge in [0.05, 0.1) is 21.2 Å². The van der Waals surface area contributed by atoms with E-state index in [9.17, 15) is 14.9 Å². The first-order valence-electron chi connectivity index (χ1n) is 8.18. The molecule has 0 bridgehead atoms. The maximum absolute atomic E-state index is 12.7. The van der Waals surface area contributed by atoms with Crippen LogP contribution in [0.4, 0.5) is 11.4 Å². The van der Waals surface area contributed by atoms with Crippen molar-refractivity contribution >= 4 is 40.4 Å². The van der Waals surface area contributed by atoms with Crippen LogP contribution in [0, 0.1) is 10.1 Å².